The zero-order chi connectivity index (χ0) is 13.0. The van der Waals surface area contributed by atoms with Crippen LogP contribution in [0.3, 0.4) is 0 Å². The fourth-order valence-corrected chi connectivity index (χ4v) is 2.12. The van der Waals surface area contributed by atoms with Gasteiger partial charge in [0.1, 0.15) is 10.4 Å². The molecule has 1 aromatic heterocycles. The summed E-state index contributed by atoms with van der Waals surface area (Å²) in [6.45, 7) is 2.89. The fraction of sp³-hybridized carbons (Fsp3) is 0.231. The lowest BCUT2D eigenvalue weighted by molar-refractivity contribution is 0.972. The molecule has 0 fully saturated rings. The van der Waals surface area contributed by atoms with Gasteiger partial charge in [-0.2, -0.15) is 4.98 Å². The maximum Gasteiger partial charge on any atom is 0.225 e. The lowest BCUT2D eigenvalue weighted by Gasteiger charge is -2.07. The van der Waals surface area contributed by atoms with Crippen LogP contribution in [0.5, 0.6) is 0 Å². The van der Waals surface area contributed by atoms with Crippen molar-refractivity contribution in [3.63, 3.8) is 0 Å². The second kappa shape index (κ2) is 5.82. The minimum atomic E-state index is 0.454. The van der Waals surface area contributed by atoms with Gasteiger partial charge in [0.15, 0.2) is 0 Å². The Hall–Kier alpha value is -1.62. The largest absolute Gasteiger partial charge is 0.383 e. The van der Waals surface area contributed by atoms with Crippen molar-refractivity contribution >= 4 is 27.7 Å². The predicted molar refractivity (Wildman–Crippen MR) is 77.5 cm³/mol. The van der Waals surface area contributed by atoms with E-state index in [0.29, 0.717) is 16.4 Å². The van der Waals surface area contributed by atoms with Gasteiger partial charge in [0, 0.05) is 12.6 Å². The molecule has 2 rings (SSSR count). The van der Waals surface area contributed by atoms with Crippen LogP contribution >= 0.6 is 15.9 Å². The number of hydrogen-bond acceptors (Lipinski definition) is 4. The third-order valence-electron chi connectivity index (χ3n) is 2.65. The van der Waals surface area contributed by atoms with Gasteiger partial charge in [-0.3, -0.25) is 0 Å². The van der Waals surface area contributed by atoms with Gasteiger partial charge in [-0.05, 0) is 40.4 Å². The van der Waals surface area contributed by atoms with Crippen molar-refractivity contribution in [2.24, 2.45) is 0 Å². The smallest absolute Gasteiger partial charge is 0.225 e. The maximum atomic E-state index is 5.65. The molecule has 1 aromatic carbocycles. The molecule has 0 aliphatic rings. The zero-order valence-electron chi connectivity index (χ0n) is 10.2. The molecule has 0 aliphatic carbocycles. The zero-order valence-corrected chi connectivity index (χ0v) is 11.7. The molecular formula is C13H15BrN4. The number of aromatic nitrogens is 2. The Morgan fingerprint density at radius 2 is 2.06 bits per heavy atom. The van der Waals surface area contributed by atoms with Crippen molar-refractivity contribution < 1.29 is 0 Å². The van der Waals surface area contributed by atoms with Crippen LogP contribution in [0.2, 0.25) is 0 Å². The quantitative estimate of drug-likeness (QED) is 0.853. The van der Waals surface area contributed by atoms with Crippen LogP contribution in [0.15, 0.2) is 34.9 Å². The molecule has 0 saturated carbocycles. The number of halogens is 1. The van der Waals surface area contributed by atoms with Crippen molar-refractivity contribution in [3.05, 3.63) is 46.1 Å². The number of nitrogens with two attached hydrogens (primary N) is 1. The van der Waals surface area contributed by atoms with Crippen molar-refractivity contribution in [3.8, 4) is 0 Å². The van der Waals surface area contributed by atoms with Gasteiger partial charge < -0.3 is 11.1 Å². The summed E-state index contributed by atoms with van der Waals surface area (Å²) in [6, 6.07) is 10.0. The number of aryl methyl sites for hydroxylation is 1. The minimum absolute atomic E-state index is 0.454. The van der Waals surface area contributed by atoms with Gasteiger partial charge in [-0.15, -0.1) is 0 Å². The van der Waals surface area contributed by atoms with Crippen LogP contribution in [0.25, 0.3) is 0 Å². The van der Waals surface area contributed by atoms with Crippen LogP contribution in [-0.2, 0) is 6.42 Å². The number of nitrogens with zero attached hydrogens (tertiary/aromatic N) is 2. The molecule has 1 heterocycles. The first kappa shape index (κ1) is 12.8. The number of nitrogens with one attached hydrogen (secondary N) is 1. The molecule has 0 bridgehead atoms. The summed E-state index contributed by atoms with van der Waals surface area (Å²) in [5.41, 5.74) is 8.27. The first-order valence-corrected chi connectivity index (χ1v) is 6.53. The molecular weight excluding hydrogens is 292 g/mol. The third-order valence-corrected chi connectivity index (χ3v) is 3.06. The number of rotatable bonds is 4. The normalized spacial score (nSPS) is 10.3. The van der Waals surface area contributed by atoms with Gasteiger partial charge in [0.25, 0.3) is 0 Å². The van der Waals surface area contributed by atoms with Crippen molar-refractivity contribution in [2.45, 2.75) is 13.3 Å². The van der Waals surface area contributed by atoms with Crippen LogP contribution in [-0.4, -0.2) is 16.5 Å². The highest BCUT2D eigenvalue weighted by molar-refractivity contribution is 9.10. The molecule has 0 atom stereocenters. The summed E-state index contributed by atoms with van der Waals surface area (Å²) < 4.78 is 0.688. The van der Waals surface area contributed by atoms with E-state index >= 15 is 0 Å². The Morgan fingerprint density at radius 3 is 2.78 bits per heavy atom. The maximum absolute atomic E-state index is 5.65. The SMILES string of the molecule is Cc1ccccc1CCNc1nc(N)cc(Br)n1. The van der Waals surface area contributed by atoms with E-state index in [1.165, 1.54) is 11.1 Å². The van der Waals surface area contributed by atoms with Gasteiger partial charge in [-0.25, -0.2) is 4.98 Å². The standard InChI is InChI=1S/C13H15BrN4/c1-9-4-2-3-5-10(9)6-7-16-13-17-11(14)8-12(15)18-13/h2-5,8H,6-7H2,1H3,(H3,15,16,17,18). The fourth-order valence-electron chi connectivity index (χ4n) is 1.71. The third kappa shape index (κ3) is 3.43. The summed E-state index contributed by atoms with van der Waals surface area (Å²) in [6.07, 6.45) is 0.933. The lowest BCUT2D eigenvalue weighted by atomic mass is 10.1. The molecule has 0 radical (unpaired) electrons. The Morgan fingerprint density at radius 1 is 1.28 bits per heavy atom. The van der Waals surface area contributed by atoms with Crippen molar-refractivity contribution in [2.75, 3.05) is 17.6 Å². The summed E-state index contributed by atoms with van der Waals surface area (Å²) in [7, 11) is 0. The Balaban J connectivity index is 1.94. The van der Waals surface area contributed by atoms with Crippen LogP contribution in [0.1, 0.15) is 11.1 Å². The lowest BCUT2D eigenvalue weighted by Crippen LogP contribution is -2.09. The van der Waals surface area contributed by atoms with Crippen LogP contribution < -0.4 is 11.1 Å². The molecule has 0 spiro atoms. The first-order valence-electron chi connectivity index (χ1n) is 5.73. The highest BCUT2D eigenvalue weighted by atomic mass is 79.9. The second-order valence-corrected chi connectivity index (χ2v) is 4.85. The summed E-state index contributed by atoms with van der Waals surface area (Å²) >= 11 is 3.29. The van der Waals surface area contributed by atoms with E-state index < -0.39 is 0 Å². The summed E-state index contributed by atoms with van der Waals surface area (Å²) in [4.78, 5) is 8.32. The molecule has 18 heavy (non-hydrogen) atoms. The number of benzene rings is 1. The molecule has 94 valence electrons. The second-order valence-electron chi connectivity index (χ2n) is 4.04. The molecule has 4 nitrogen and oxygen atoms in total. The molecule has 3 N–H and O–H groups in total. The molecule has 0 amide bonds. The Labute approximate surface area is 115 Å². The van der Waals surface area contributed by atoms with E-state index in [1.54, 1.807) is 6.07 Å². The van der Waals surface area contributed by atoms with Crippen LogP contribution in [0, 0.1) is 6.92 Å². The van der Waals surface area contributed by atoms with Crippen molar-refractivity contribution in [1.82, 2.24) is 9.97 Å². The Bertz CT molecular complexity index is 522. The van der Waals surface area contributed by atoms with Crippen LogP contribution in [0.4, 0.5) is 11.8 Å². The van der Waals surface area contributed by atoms with Gasteiger partial charge >= 0.3 is 0 Å². The number of anilines is 2. The van der Waals surface area contributed by atoms with E-state index in [2.05, 4.69) is 56.3 Å². The van der Waals surface area contributed by atoms with E-state index in [1.807, 2.05) is 6.07 Å². The average molecular weight is 307 g/mol. The van der Waals surface area contributed by atoms with E-state index in [-0.39, 0.29) is 0 Å². The molecule has 0 aliphatic heterocycles. The summed E-state index contributed by atoms with van der Waals surface area (Å²) in [5, 5.41) is 3.17. The van der Waals surface area contributed by atoms with E-state index in [0.717, 1.165) is 13.0 Å². The Kier molecular flexibility index (Phi) is 4.15. The van der Waals surface area contributed by atoms with Gasteiger partial charge in [0.05, 0.1) is 0 Å². The summed E-state index contributed by atoms with van der Waals surface area (Å²) in [5.74, 6) is 1.01. The monoisotopic (exact) mass is 306 g/mol. The van der Waals surface area contributed by atoms with Gasteiger partial charge in [-0.1, -0.05) is 24.3 Å². The predicted octanol–water partition coefficient (Wildman–Crippen LogP) is 2.78. The highest BCUT2D eigenvalue weighted by Crippen LogP contribution is 2.13. The van der Waals surface area contributed by atoms with E-state index in [9.17, 15) is 0 Å². The molecule has 0 saturated heterocycles. The topological polar surface area (TPSA) is 63.8 Å². The van der Waals surface area contributed by atoms with Crippen molar-refractivity contribution in [1.29, 1.82) is 0 Å². The minimum Gasteiger partial charge on any atom is -0.383 e. The number of nitrogen functional groups attached to an aromatic ring is 1. The van der Waals surface area contributed by atoms with Gasteiger partial charge in [0.2, 0.25) is 5.95 Å². The molecule has 0 unspecified atom stereocenters. The highest BCUT2D eigenvalue weighted by Gasteiger charge is 2.01. The first-order chi connectivity index (χ1) is 8.65. The van der Waals surface area contributed by atoms with E-state index in [4.69, 9.17) is 5.73 Å². The average Bonchev–Trinajstić information content (AvgIpc) is 2.30. The molecule has 2 aromatic rings. The number of hydrogen-bond donors (Lipinski definition) is 2. The molecule has 5 heteroatoms.